The molecule has 104 valence electrons. The summed E-state index contributed by atoms with van der Waals surface area (Å²) in [5.74, 6) is -0.307. The van der Waals surface area contributed by atoms with Crippen LogP contribution in [0.2, 0.25) is 5.15 Å². The fourth-order valence-corrected chi connectivity index (χ4v) is 1.51. The highest BCUT2D eigenvalue weighted by Crippen LogP contribution is 2.17. The van der Waals surface area contributed by atoms with E-state index in [-0.39, 0.29) is 30.1 Å². The Morgan fingerprint density at radius 3 is 2.58 bits per heavy atom. The molecule has 19 heavy (non-hydrogen) atoms. The van der Waals surface area contributed by atoms with Crippen LogP contribution in [0.25, 0.3) is 0 Å². The Kier molecular flexibility index (Phi) is 5.72. The lowest BCUT2D eigenvalue weighted by Crippen LogP contribution is -2.38. The molecule has 6 nitrogen and oxygen atoms in total. The van der Waals surface area contributed by atoms with E-state index in [1.54, 1.807) is 44.4 Å². The largest absolute Gasteiger partial charge is 0.348 e. The van der Waals surface area contributed by atoms with Crippen molar-refractivity contribution < 1.29 is 9.59 Å². The van der Waals surface area contributed by atoms with Gasteiger partial charge in [0.15, 0.2) is 5.15 Å². The molecule has 1 aromatic rings. The predicted molar refractivity (Wildman–Crippen MR) is 74.1 cm³/mol. The third kappa shape index (κ3) is 5.23. The number of likely N-dealkylation sites (N-methyl/N-ethyl adjacent to an activating group) is 2. The van der Waals surface area contributed by atoms with Gasteiger partial charge in [0, 0.05) is 20.3 Å². The van der Waals surface area contributed by atoms with Crippen molar-refractivity contribution in [3.05, 3.63) is 23.5 Å². The van der Waals surface area contributed by atoms with E-state index in [1.807, 2.05) is 0 Å². The van der Waals surface area contributed by atoms with Gasteiger partial charge in [-0.15, -0.1) is 0 Å². The summed E-state index contributed by atoms with van der Waals surface area (Å²) in [6.07, 6.45) is 1.54. The maximum Gasteiger partial charge on any atom is 0.238 e. The fourth-order valence-electron chi connectivity index (χ4n) is 1.34. The van der Waals surface area contributed by atoms with Gasteiger partial charge in [0.25, 0.3) is 0 Å². The molecule has 1 aromatic heterocycles. The number of hydrogen-bond acceptors (Lipinski definition) is 4. The molecule has 0 aromatic carbocycles. The van der Waals surface area contributed by atoms with Crippen LogP contribution in [0.15, 0.2) is 18.3 Å². The summed E-state index contributed by atoms with van der Waals surface area (Å²) in [5, 5.41) is 2.88. The Bertz CT molecular complexity index is 465. The van der Waals surface area contributed by atoms with Crippen LogP contribution in [-0.4, -0.2) is 60.8 Å². The molecule has 0 bridgehead atoms. The Morgan fingerprint density at radius 2 is 2.00 bits per heavy atom. The second-order valence-corrected chi connectivity index (χ2v) is 4.71. The van der Waals surface area contributed by atoms with Crippen molar-refractivity contribution in [2.24, 2.45) is 0 Å². The second kappa shape index (κ2) is 7.06. The lowest BCUT2D eigenvalue weighted by molar-refractivity contribution is -0.130. The van der Waals surface area contributed by atoms with Crippen molar-refractivity contribution in [3.8, 4) is 0 Å². The van der Waals surface area contributed by atoms with Gasteiger partial charge in [-0.25, -0.2) is 4.98 Å². The molecule has 1 heterocycles. The van der Waals surface area contributed by atoms with Gasteiger partial charge in [-0.05, 0) is 19.2 Å². The summed E-state index contributed by atoms with van der Waals surface area (Å²) in [6, 6.07) is 3.35. The highest BCUT2D eigenvalue weighted by atomic mass is 35.5. The van der Waals surface area contributed by atoms with Gasteiger partial charge in [0.05, 0.1) is 18.8 Å². The Labute approximate surface area is 117 Å². The van der Waals surface area contributed by atoms with E-state index in [4.69, 9.17) is 11.6 Å². The van der Waals surface area contributed by atoms with E-state index in [9.17, 15) is 9.59 Å². The van der Waals surface area contributed by atoms with Crippen molar-refractivity contribution in [1.29, 1.82) is 0 Å². The molecule has 0 aliphatic rings. The monoisotopic (exact) mass is 284 g/mol. The van der Waals surface area contributed by atoms with Crippen molar-refractivity contribution in [2.45, 2.75) is 0 Å². The first-order valence-corrected chi connectivity index (χ1v) is 6.07. The molecule has 0 aliphatic heterocycles. The van der Waals surface area contributed by atoms with Crippen molar-refractivity contribution in [2.75, 3.05) is 39.5 Å². The van der Waals surface area contributed by atoms with Gasteiger partial charge >= 0.3 is 0 Å². The van der Waals surface area contributed by atoms with Gasteiger partial charge in [0.1, 0.15) is 0 Å². The molecule has 0 saturated heterocycles. The molecular weight excluding hydrogens is 268 g/mol. The van der Waals surface area contributed by atoms with Crippen LogP contribution in [0.4, 0.5) is 5.69 Å². The molecule has 0 spiro atoms. The maximum absolute atomic E-state index is 11.8. The van der Waals surface area contributed by atoms with Crippen LogP contribution >= 0.6 is 11.6 Å². The standard InChI is InChI=1S/C12H17ClN4O2/c1-16(2)11(19)8-17(3)7-10(18)15-9-5-4-6-14-12(9)13/h4-6H,7-8H2,1-3H3,(H,15,18). The number of aromatic nitrogens is 1. The van der Waals surface area contributed by atoms with Gasteiger partial charge in [-0.2, -0.15) is 0 Å². The molecule has 0 atom stereocenters. The van der Waals surface area contributed by atoms with Gasteiger partial charge < -0.3 is 10.2 Å². The maximum atomic E-state index is 11.8. The summed E-state index contributed by atoms with van der Waals surface area (Å²) in [5.41, 5.74) is 0.460. The van der Waals surface area contributed by atoms with E-state index >= 15 is 0 Å². The van der Waals surface area contributed by atoms with Gasteiger partial charge in [-0.3, -0.25) is 14.5 Å². The summed E-state index contributed by atoms with van der Waals surface area (Å²) in [7, 11) is 5.04. The quantitative estimate of drug-likeness (QED) is 0.808. The van der Waals surface area contributed by atoms with Crippen molar-refractivity contribution >= 4 is 29.1 Å². The van der Waals surface area contributed by atoms with Crippen molar-refractivity contribution in [3.63, 3.8) is 0 Å². The number of halogens is 1. The Balaban J connectivity index is 2.48. The van der Waals surface area contributed by atoms with Crippen LogP contribution in [-0.2, 0) is 9.59 Å². The van der Waals surface area contributed by atoms with Gasteiger partial charge in [-0.1, -0.05) is 11.6 Å². The minimum Gasteiger partial charge on any atom is -0.348 e. The molecule has 0 radical (unpaired) electrons. The first-order chi connectivity index (χ1) is 8.90. The third-order valence-corrected chi connectivity index (χ3v) is 2.65. The molecule has 0 fully saturated rings. The number of anilines is 1. The average molecular weight is 285 g/mol. The van der Waals surface area contributed by atoms with Crippen LogP contribution in [0.1, 0.15) is 0 Å². The number of hydrogen-bond donors (Lipinski definition) is 1. The Morgan fingerprint density at radius 1 is 1.32 bits per heavy atom. The van der Waals surface area contributed by atoms with E-state index in [2.05, 4.69) is 10.3 Å². The minimum absolute atomic E-state index is 0.0605. The second-order valence-electron chi connectivity index (χ2n) is 4.35. The van der Waals surface area contributed by atoms with E-state index in [0.717, 1.165) is 0 Å². The van der Waals surface area contributed by atoms with E-state index < -0.39 is 0 Å². The molecule has 0 aliphatic carbocycles. The lowest BCUT2D eigenvalue weighted by Gasteiger charge is -2.18. The minimum atomic E-state index is -0.246. The van der Waals surface area contributed by atoms with E-state index in [0.29, 0.717) is 5.69 Å². The summed E-state index contributed by atoms with van der Waals surface area (Å²) >= 11 is 5.83. The molecular formula is C12H17ClN4O2. The highest BCUT2D eigenvalue weighted by molar-refractivity contribution is 6.32. The normalized spacial score (nSPS) is 10.4. The lowest BCUT2D eigenvalue weighted by atomic mass is 10.4. The number of nitrogens with one attached hydrogen (secondary N) is 1. The zero-order valence-corrected chi connectivity index (χ0v) is 11.9. The highest BCUT2D eigenvalue weighted by Gasteiger charge is 2.13. The van der Waals surface area contributed by atoms with E-state index in [1.165, 1.54) is 4.90 Å². The molecule has 1 rings (SSSR count). The number of rotatable bonds is 5. The number of carbonyl (C=O) groups excluding carboxylic acids is 2. The molecule has 7 heteroatoms. The molecule has 1 N–H and O–H groups in total. The topological polar surface area (TPSA) is 65.5 Å². The first-order valence-electron chi connectivity index (χ1n) is 5.69. The number of carbonyl (C=O) groups is 2. The van der Waals surface area contributed by atoms with Crippen LogP contribution < -0.4 is 5.32 Å². The summed E-state index contributed by atoms with van der Waals surface area (Å²) in [4.78, 5) is 30.2. The van der Waals surface area contributed by atoms with Crippen molar-refractivity contribution in [1.82, 2.24) is 14.8 Å². The van der Waals surface area contributed by atoms with Crippen LogP contribution in [0.5, 0.6) is 0 Å². The third-order valence-electron chi connectivity index (χ3n) is 2.35. The van der Waals surface area contributed by atoms with Gasteiger partial charge in [0.2, 0.25) is 11.8 Å². The first kappa shape index (κ1) is 15.4. The molecule has 0 unspecified atom stereocenters. The Hall–Kier alpha value is -1.66. The van der Waals surface area contributed by atoms with Crippen LogP contribution in [0.3, 0.4) is 0 Å². The molecule has 2 amide bonds. The average Bonchev–Trinajstić information content (AvgIpc) is 2.31. The fraction of sp³-hybridized carbons (Fsp3) is 0.417. The zero-order valence-electron chi connectivity index (χ0n) is 11.2. The number of nitrogens with zero attached hydrogens (tertiary/aromatic N) is 3. The predicted octanol–water partition coefficient (Wildman–Crippen LogP) is 0.693. The molecule has 0 saturated carbocycles. The smallest absolute Gasteiger partial charge is 0.238 e. The SMILES string of the molecule is CN(CC(=O)Nc1cccnc1Cl)CC(=O)N(C)C. The zero-order chi connectivity index (χ0) is 14.4. The summed E-state index contributed by atoms with van der Waals surface area (Å²) in [6.45, 7) is 0.284. The van der Waals surface area contributed by atoms with Crippen LogP contribution in [0, 0.1) is 0 Å². The number of amides is 2. The number of pyridine rings is 1. The summed E-state index contributed by atoms with van der Waals surface area (Å²) < 4.78 is 0.